The highest BCUT2D eigenvalue weighted by Gasteiger charge is 2.63. The average Bonchev–Trinajstić information content (AvgIpc) is 3.10. The van der Waals surface area contributed by atoms with Crippen LogP contribution in [-0.4, -0.2) is 42.5 Å². The molecule has 0 spiro atoms. The summed E-state index contributed by atoms with van der Waals surface area (Å²) >= 11 is 0. The fourth-order valence-electron chi connectivity index (χ4n) is 6.92. The molecule has 4 bridgehead atoms. The minimum Gasteiger partial charge on any atom is -0.390 e. The minimum atomic E-state index is -0.904. The Bertz CT molecular complexity index is 1240. The topological polar surface area (TPSA) is 113 Å². The molecule has 2 heterocycles. The van der Waals surface area contributed by atoms with Crippen LogP contribution < -0.4 is 11.1 Å². The summed E-state index contributed by atoms with van der Waals surface area (Å²) < 4.78 is 15.0. The highest BCUT2D eigenvalue weighted by Crippen LogP contribution is 2.60. The van der Waals surface area contributed by atoms with Gasteiger partial charge in [0, 0.05) is 23.7 Å². The molecule has 1 aromatic carbocycles. The number of hydrogen-bond donors (Lipinski definition) is 4. The van der Waals surface area contributed by atoms with E-state index in [0.717, 1.165) is 17.5 Å². The lowest BCUT2D eigenvalue weighted by Gasteiger charge is -2.63. The Balaban J connectivity index is 1.47. The first-order valence-corrected chi connectivity index (χ1v) is 11.0. The third-order valence-electron chi connectivity index (χ3n) is 7.48. The van der Waals surface area contributed by atoms with Gasteiger partial charge in [0.25, 0.3) is 5.91 Å². The van der Waals surface area contributed by atoms with E-state index in [4.69, 9.17) is 5.73 Å². The summed E-state index contributed by atoms with van der Waals surface area (Å²) in [6.07, 6.45) is 6.90. The molecule has 2 atom stereocenters. The van der Waals surface area contributed by atoms with Gasteiger partial charge in [0.2, 0.25) is 0 Å². The van der Waals surface area contributed by atoms with Crippen molar-refractivity contribution in [2.45, 2.75) is 55.3 Å². The van der Waals surface area contributed by atoms with Crippen LogP contribution in [-0.2, 0) is 0 Å². The number of fused-ring (bicyclic) bond motifs is 1. The van der Waals surface area contributed by atoms with Crippen LogP contribution in [0.25, 0.3) is 16.6 Å². The van der Waals surface area contributed by atoms with Crippen LogP contribution >= 0.6 is 0 Å². The van der Waals surface area contributed by atoms with E-state index in [2.05, 4.69) is 10.4 Å². The standard InChI is InChI=1S/C24H25FN4O3/c25-17-3-1-15(2-4-17)16-5-19-20(18(21(26)30)9-27-29(19)10-16)28-22-6-14-7-23(31,11-22)13-24(32,8-14)12-22/h1-5,9-10,14,28,31-32H,6-8,11-13H2,(H2,26,30). The number of hydrogen-bond acceptors (Lipinski definition) is 5. The van der Waals surface area contributed by atoms with E-state index < -0.39 is 22.6 Å². The predicted octanol–water partition coefficient (Wildman–Crippen LogP) is 2.85. The molecule has 0 aliphatic heterocycles. The zero-order valence-electron chi connectivity index (χ0n) is 17.5. The van der Waals surface area contributed by atoms with Crippen LogP contribution in [0.3, 0.4) is 0 Å². The molecular formula is C24H25FN4O3. The van der Waals surface area contributed by atoms with Crippen molar-refractivity contribution in [3.8, 4) is 11.1 Å². The van der Waals surface area contributed by atoms with Gasteiger partial charge in [-0.25, -0.2) is 8.91 Å². The normalized spacial score (nSPS) is 33.0. The van der Waals surface area contributed by atoms with Gasteiger partial charge in [0.15, 0.2) is 0 Å². The molecule has 166 valence electrons. The molecule has 0 saturated heterocycles. The molecule has 4 aliphatic carbocycles. The predicted molar refractivity (Wildman–Crippen MR) is 117 cm³/mol. The quantitative estimate of drug-likeness (QED) is 0.502. The monoisotopic (exact) mass is 436 g/mol. The van der Waals surface area contributed by atoms with Crippen LogP contribution in [0.4, 0.5) is 10.1 Å². The number of benzene rings is 1. The van der Waals surface area contributed by atoms with Gasteiger partial charge in [-0.3, -0.25) is 4.79 Å². The first-order valence-electron chi connectivity index (χ1n) is 11.0. The van der Waals surface area contributed by atoms with Crippen molar-refractivity contribution in [3.63, 3.8) is 0 Å². The molecule has 2 unspecified atom stereocenters. The summed E-state index contributed by atoms with van der Waals surface area (Å²) in [5, 5.41) is 30.2. The second kappa shape index (κ2) is 6.30. The van der Waals surface area contributed by atoms with Gasteiger partial charge in [-0.1, -0.05) is 12.1 Å². The molecule has 5 N–H and O–H groups in total. The number of anilines is 1. The van der Waals surface area contributed by atoms with E-state index in [1.54, 1.807) is 16.6 Å². The van der Waals surface area contributed by atoms with Crippen LogP contribution in [0.5, 0.6) is 0 Å². The largest absolute Gasteiger partial charge is 0.390 e. The number of carbonyl (C=O) groups is 1. The number of carbonyl (C=O) groups excluding carboxylic acids is 1. The third-order valence-corrected chi connectivity index (χ3v) is 7.48. The van der Waals surface area contributed by atoms with E-state index in [-0.39, 0.29) is 17.3 Å². The Hall–Kier alpha value is -2.97. The molecule has 8 heteroatoms. The number of rotatable bonds is 4. The molecule has 4 saturated carbocycles. The van der Waals surface area contributed by atoms with E-state index >= 15 is 0 Å². The van der Waals surface area contributed by atoms with E-state index in [1.807, 2.05) is 12.3 Å². The van der Waals surface area contributed by atoms with Crippen LogP contribution in [0, 0.1) is 11.7 Å². The smallest absolute Gasteiger partial charge is 0.252 e. The zero-order chi connectivity index (χ0) is 22.3. The van der Waals surface area contributed by atoms with Gasteiger partial charge in [-0.05, 0) is 61.8 Å². The SMILES string of the molecule is NC(=O)c1cnn2cc(-c3ccc(F)cc3)cc2c1NC12CC3CC(O)(CC(O)(C3)C1)C2. The molecule has 2 aromatic heterocycles. The van der Waals surface area contributed by atoms with Gasteiger partial charge in [-0.15, -0.1) is 0 Å². The molecular weight excluding hydrogens is 411 g/mol. The first kappa shape index (κ1) is 19.7. The summed E-state index contributed by atoms with van der Waals surface area (Å²) in [7, 11) is 0. The summed E-state index contributed by atoms with van der Waals surface area (Å²) in [6.45, 7) is 0. The summed E-state index contributed by atoms with van der Waals surface area (Å²) in [5.41, 5.74) is 6.47. The Morgan fingerprint density at radius 1 is 1.09 bits per heavy atom. The minimum absolute atomic E-state index is 0.227. The summed E-state index contributed by atoms with van der Waals surface area (Å²) in [5.74, 6) is -0.689. The number of aliphatic hydroxyl groups is 2. The Labute approximate surface area is 184 Å². The van der Waals surface area contributed by atoms with Crippen molar-refractivity contribution in [1.82, 2.24) is 9.61 Å². The van der Waals surface area contributed by atoms with Gasteiger partial charge in [0.1, 0.15) is 5.82 Å². The number of nitrogens with zero attached hydrogens (tertiary/aromatic N) is 2. The number of primary amides is 1. The van der Waals surface area contributed by atoms with Gasteiger partial charge >= 0.3 is 0 Å². The van der Waals surface area contributed by atoms with Crippen molar-refractivity contribution in [2.24, 2.45) is 11.7 Å². The van der Waals surface area contributed by atoms with Crippen LogP contribution in [0.15, 0.2) is 42.7 Å². The zero-order valence-corrected chi connectivity index (χ0v) is 17.5. The fourth-order valence-corrected chi connectivity index (χ4v) is 6.92. The number of aromatic nitrogens is 2. The highest BCUT2D eigenvalue weighted by atomic mass is 19.1. The molecule has 7 nitrogen and oxygen atoms in total. The first-order chi connectivity index (χ1) is 15.1. The highest BCUT2D eigenvalue weighted by molar-refractivity contribution is 6.02. The molecule has 7 rings (SSSR count). The van der Waals surface area contributed by atoms with Gasteiger partial charge in [-0.2, -0.15) is 5.10 Å². The lowest BCUT2D eigenvalue weighted by Crippen LogP contribution is -2.68. The molecule has 4 aliphatic rings. The molecule has 3 aromatic rings. The number of nitrogens with two attached hydrogens (primary N) is 1. The summed E-state index contributed by atoms with van der Waals surface area (Å²) in [4.78, 5) is 12.3. The van der Waals surface area contributed by atoms with Crippen molar-refractivity contribution in [3.05, 3.63) is 54.1 Å². The van der Waals surface area contributed by atoms with Crippen molar-refractivity contribution in [2.75, 3.05) is 5.32 Å². The van der Waals surface area contributed by atoms with Gasteiger partial charge in [0.05, 0.1) is 34.2 Å². The maximum atomic E-state index is 13.4. The maximum Gasteiger partial charge on any atom is 0.252 e. The van der Waals surface area contributed by atoms with E-state index in [1.165, 1.54) is 18.3 Å². The number of halogens is 1. The lowest BCUT2D eigenvalue weighted by molar-refractivity contribution is -0.200. The Morgan fingerprint density at radius 2 is 1.78 bits per heavy atom. The lowest BCUT2D eigenvalue weighted by atomic mass is 9.49. The second-order valence-corrected chi connectivity index (χ2v) is 10.2. The molecule has 4 fully saturated rings. The molecule has 32 heavy (non-hydrogen) atoms. The van der Waals surface area contributed by atoms with Crippen LogP contribution in [0.2, 0.25) is 0 Å². The number of amides is 1. The van der Waals surface area contributed by atoms with Crippen molar-refractivity contribution >= 4 is 17.1 Å². The Morgan fingerprint density at radius 3 is 2.41 bits per heavy atom. The molecule has 0 radical (unpaired) electrons. The second-order valence-electron chi connectivity index (χ2n) is 10.2. The van der Waals surface area contributed by atoms with Crippen LogP contribution in [0.1, 0.15) is 48.9 Å². The van der Waals surface area contributed by atoms with Crippen molar-refractivity contribution < 1.29 is 19.4 Å². The number of nitrogens with one attached hydrogen (secondary N) is 1. The third kappa shape index (κ3) is 3.01. The Kier molecular flexibility index (Phi) is 3.88. The van der Waals surface area contributed by atoms with E-state index in [9.17, 15) is 19.4 Å². The average molecular weight is 436 g/mol. The fraction of sp³-hybridized carbons (Fsp3) is 0.417. The van der Waals surface area contributed by atoms with Gasteiger partial charge < -0.3 is 21.3 Å². The van der Waals surface area contributed by atoms with E-state index in [0.29, 0.717) is 43.3 Å². The molecule has 1 amide bonds. The van der Waals surface area contributed by atoms with Crippen molar-refractivity contribution in [1.29, 1.82) is 0 Å². The maximum absolute atomic E-state index is 13.4. The summed E-state index contributed by atoms with van der Waals surface area (Å²) in [6, 6.07) is 8.07.